The first kappa shape index (κ1) is 13.6. The molecule has 1 amide bonds. The molecule has 0 saturated carbocycles. The van der Waals surface area contributed by atoms with Crippen LogP contribution in [0.25, 0.3) is 0 Å². The summed E-state index contributed by atoms with van der Waals surface area (Å²) in [5, 5.41) is 11.8. The highest BCUT2D eigenvalue weighted by Gasteiger charge is 2.19. The van der Waals surface area contributed by atoms with E-state index in [0.29, 0.717) is 12.1 Å². The van der Waals surface area contributed by atoms with Crippen molar-refractivity contribution in [3.05, 3.63) is 11.3 Å². The van der Waals surface area contributed by atoms with Gasteiger partial charge < -0.3 is 16.2 Å². The number of carbonyl (C=O) groups is 2. The molecule has 0 aromatic carbocycles. The third-order valence-corrected chi connectivity index (χ3v) is 3.16. The maximum Gasteiger partial charge on any atom is 0.340 e. The van der Waals surface area contributed by atoms with Crippen LogP contribution in [0.2, 0.25) is 0 Å². The molecule has 1 aromatic rings. The van der Waals surface area contributed by atoms with Crippen LogP contribution in [0.5, 0.6) is 0 Å². The molecule has 0 saturated heterocycles. The molecule has 0 aliphatic rings. The minimum Gasteiger partial charge on any atom is -0.478 e. The number of aryl methyl sites for hydroxylation is 1. The molecule has 94 valence electrons. The third-order valence-electron chi connectivity index (χ3n) is 2.30. The van der Waals surface area contributed by atoms with E-state index in [0.717, 1.165) is 11.5 Å². The average molecular weight is 257 g/mol. The van der Waals surface area contributed by atoms with E-state index in [1.54, 1.807) is 6.92 Å². The number of aromatic nitrogens is 1. The lowest BCUT2D eigenvalue weighted by atomic mass is 10.1. The second kappa shape index (κ2) is 5.74. The molecule has 7 heteroatoms. The maximum absolute atomic E-state index is 11.6. The van der Waals surface area contributed by atoms with Crippen molar-refractivity contribution >= 4 is 28.4 Å². The lowest BCUT2D eigenvalue weighted by Gasteiger charge is -2.08. The van der Waals surface area contributed by atoms with E-state index < -0.39 is 5.97 Å². The van der Waals surface area contributed by atoms with Crippen LogP contribution in [0.15, 0.2) is 0 Å². The van der Waals surface area contributed by atoms with Crippen LogP contribution in [-0.2, 0) is 4.79 Å². The highest BCUT2D eigenvalue weighted by molar-refractivity contribution is 7.11. The van der Waals surface area contributed by atoms with E-state index in [2.05, 4.69) is 9.69 Å². The van der Waals surface area contributed by atoms with Crippen LogP contribution < -0.4 is 11.1 Å². The fraction of sp³-hybridized carbons (Fsp3) is 0.500. The zero-order valence-corrected chi connectivity index (χ0v) is 10.5. The standard InChI is InChI=1S/C10H15N3O3S/c1-3-6(11)4-7(14)12-9-8(10(15)16)5(2)13-17-9/h6H,3-4,11H2,1-2H3,(H,12,14)(H,15,16). The Bertz CT molecular complexity index is 430. The molecule has 4 N–H and O–H groups in total. The SMILES string of the molecule is CCC(N)CC(=O)Nc1snc(C)c1C(=O)O. The Morgan fingerprint density at radius 2 is 2.24 bits per heavy atom. The molecule has 1 rings (SSSR count). The second-order valence-electron chi connectivity index (χ2n) is 3.70. The topological polar surface area (TPSA) is 105 Å². The van der Waals surface area contributed by atoms with Crippen LogP contribution in [0.3, 0.4) is 0 Å². The van der Waals surface area contributed by atoms with Gasteiger partial charge in [-0.25, -0.2) is 4.79 Å². The molecule has 1 heterocycles. The van der Waals surface area contributed by atoms with Gasteiger partial charge in [-0.1, -0.05) is 6.92 Å². The van der Waals surface area contributed by atoms with E-state index in [9.17, 15) is 9.59 Å². The van der Waals surface area contributed by atoms with E-state index in [-0.39, 0.29) is 28.9 Å². The first-order chi connectivity index (χ1) is 7.95. The minimum absolute atomic E-state index is 0.0495. The molecule has 0 aliphatic heterocycles. The summed E-state index contributed by atoms with van der Waals surface area (Å²) in [4.78, 5) is 22.5. The number of hydrogen-bond donors (Lipinski definition) is 3. The zero-order chi connectivity index (χ0) is 13.0. The first-order valence-corrected chi connectivity index (χ1v) is 5.98. The number of carboxylic acids is 1. The van der Waals surface area contributed by atoms with Gasteiger partial charge in [-0.05, 0) is 24.9 Å². The van der Waals surface area contributed by atoms with Gasteiger partial charge >= 0.3 is 5.97 Å². The minimum atomic E-state index is -1.09. The molecular formula is C10H15N3O3S. The van der Waals surface area contributed by atoms with Gasteiger partial charge in [0.25, 0.3) is 0 Å². The average Bonchev–Trinajstić information content (AvgIpc) is 2.59. The van der Waals surface area contributed by atoms with Crippen molar-refractivity contribution < 1.29 is 14.7 Å². The Balaban J connectivity index is 2.75. The third kappa shape index (κ3) is 3.50. The predicted octanol–water partition coefficient (Wildman–Crippen LogP) is 1.22. The molecular weight excluding hydrogens is 242 g/mol. The molecule has 17 heavy (non-hydrogen) atoms. The largest absolute Gasteiger partial charge is 0.478 e. The molecule has 1 aromatic heterocycles. The van der Waals surface area contributed by atoms with Crippen molar-refractivity contribution in [2.45, 2.75) is 32.7 Å². The Morgan fingerprint density at radius 1 is 1.59 bits per heavy atom. The number of nitrogens with zero attached hydrogens (tertiary/aromatic N) is 1. The molecule has 1 atom stereocenters. The van der Waals surface area contributed by atoms with E-state index >= 15 is 0 Å². The van der Waals surface area contributed by atoms with Crippen LogP contribution >= 0.6 is 11.5 Å². The van der Waals surface area contributed by atoms with Crippen LogP contribution in [0.4, 0.5) is 5.00 Å². The zero-order valence-electron chi connectivity index (χ0n) is 9.69. The van der Waals surface area contributed by atoms with E-state index in [1.807, 2.05) is 6.92 Å². The number of carboxylic acid groups (broad SMARTS) is 1. The summed E-state index contributed by atoms with van der Waals surface area (Å²) in [6.45, 7) is 3.48. The van der Waals surface area contributed by atoms with E-state index in [1.165, 1.54) is 0 Å². The van der Waals surface area contributed by atoms with Crippen molar-refractivity contribution in [2.75, 3.05) is 5.32 Å². The van der Waals surface area contributed by atoms with Gasteiger partial charge in [0.2, 0.25) is 5.91 Å². The fourth-order valence-corrected chi connectivity index (χ4v) is 2.07. The van der Waals surface area contributed by atoms with Gasteiger partial charge in [-0.2, -0.15) is 4.37 Å². The molecule has 0 aliphatic carbocycles. The van der Waals surface area contributed by atoms with Crippen molar-refractivity contribution in [3.63, 3.8) is 0 Å². The number of nitrogens with two attached hydrogens (primary N) is 1. The van der Waals surface area contributed by atoms with Gasteiger partial charge in [-0.3, -0.25) is 4.79 Å². The smallest absolute Gasteiger partial charge is 0.340 e. The Labute approximate surface area is 103 Å². The molecule has 0 radical (unpaired) electrons. The number of amides is 1. The number of aromatic carboxylic acids is 1. The molecule has 0 bridgehead atoms. The Morgan fingerprint density at radius 3 is 2.76 bits per heavy atom. The van der Waals surface area contributed by atoms with Crippen molar-refractivity contribution in [1.82, 2.24) is 4.37 Å². The molecule has 6 nitrogen and oxygen atoms in total. The summed E-state index contributed by atoms with van der Waals surface area (Å²) < 4.78 is 3.91. The molecule has 0 fully saturated rings. The summed E-state index contributed by atoms with van der Waals surface area (Å²) in [6, 6.07) is -0.211. The quantitative estimate of drug-likeness (QED) is 0.735. The van der Waals surface area contributed by atoms with Gasteiger partial charge in [0, 0.05) is 12.5 Å². The van der Waals surface area contributed by atoms with Gasteiger partial charge in [0.1, 0.15) is 10.6 Å². The number of rotatable bonds is 5. The van der Waals surface area contributed by atoms with Crippen LogP contribution in [0.1, 0.15) is 35.8 Å². The van der Waals surface area contributed by atoms with Crippen LogP contribution in [-0.4, -0.2) is 27.4 Å². The van der Waals surface area contributed by atoms with Gasteiger partial charge in [0.05, 0.1) is 5.69 Å². The molecule has 1 unspecified atom stereocenters. The lowest BCUT2D eigenvalue weighted by molar-refractivity contribution is -0.116. The number of anilines is 1. The highest BCUT2D eigenvalue weighted by Crippen LogP contribution is 2.24. The van der Waals surface area contributed by atoms with Gasteiger partial charge in [0.15, 0.2) is 0 Å². The lowest BCUT2D eigenvalue weighted by Crippen LogP contribution is -2.26. The van der Waals surface area contributed by atoms with Crippen molar-refractivity contribution in [2.24, 2.45) is 5.73 Å². The van der Waals surface area contributed by atoms with Crippen molar-refractivity contribution in [1.29, 1.82) is 0 Å². The summed E-state index contributed by atoms with van der Waals surface area (Å²) in [5.74, 6) is -1.38. The normalized spacial score (nSPS) is 12.2. The first-order valence-electron chi connectivity index (χ1n) is 5.20. The summed E-state index contributed by atoms with van der Waals surface area (Å²) in [5.41, 5.74) is 6.09. The fourth-order valence-electron chi connectivity index (χ4n) is 1.27. The number of nitrogens with one attached hydrogen (secondary N) is 1. The number of hydrogen-bond acceptors (Lipinski definition) is 5. The predicted molar refractivity (Wildman–Crippen MR) is 65.3 cm³/mol. The van der Waals surface area contributed by atoms with Gasteiger partial charge in [-0.15, -0.1) is 0 Å². The van der Waals surface area contributed by atoms with Crippen molar-refractivity contribution in [3.8, 4) is 0 Å². The Hall–Kier alpha value is -1.47. The Kier molecular flexibility index (Phi) is 4.59. The summed E-state index contributed by atoms with van der Waals surface area (Å²) >= 11 is 0.964. The van der Waals surface area contributed by atoms with E-state index in [4.69, 9.17) is 10.8 Å². The monoisotopic (exact) mass is 257 g/mol. The highest BCUT2D eigenvalue weighted by atomic mass is 32.1. The summed E-state index contributed by atoms with van der Waals surface area (Å²) in [6.07, 6.45) is 0.868. The number of carbonyl (C=O) groups excluding carboxylic acids is 1. The van der Waals surface area contributed by atoms with Crippen LogP contribution in [0, 0.1) is 6.92 Å². The second-order valence-corrected chi connectivity index (χ2v) is 4.47. The molecule has 0 spiro atoms. The summed E-state index contributed by atoms with van der Waals surface area (Å²) in [7, 11) is 0. The maximum atomic E-state index is 11.6.